The van der Waals surface area contributed by atoms with Crippen molar-refractivity contribution in [3.05, 3.63) is 16.1 Å². The fourth-order valence-corrected chi connectivity index (χ4v) is 6.23. The van der Waals surface area contributed by atoms with Crippen molar-refractivity contribution in [3.8, 4) is 0 Å². The van der Waals surface area contributed by atoms with E-state index in [1.165, 1.54) is 15.6 Å². The molecule has 1 aromatic heterocycles. The van der Waals surface area contributed by atoms with Crippen LogP contribution in [0, 0.1) is 12.8 Å². The molecule has 22 heavy (non-hydrogen) atoms. The molecule has 0 spiro atoms. The maximum absolute atomic E-state index is 13.8. The Hall–Kier alpha value is -0.600. The summed E-state index contributed by atoms with van der Waals surface area (Å²) in [5.74, 6) is -4.34. The first-order valence-electron chi connectivity index (χ1n) is 7.59. The largest absolute Gasteiger partial charge is 0.251 e. The summed E-state index contributed by atoms with van der Waals surface area (Å²) in [6.07, 6.45) is 1.97. The van der Waals surface area contributed by atoms with Crippen molar-refractivity contribution in [3.63, 3.8) is 0 Å². The summed E-state index contributed by atoms with van der Waals surface area (Å²) < 4.78 is 54.2. The third-order valence-electron chi connectivity index (χ3n) is 4.61. The molecule has 0 amide bonds. The van der Waals surface area contributed by atoms with E-state index in [-0.39, 0.29) is 12.5 Å². The van der Waals surface area contributed by atoms with Crippen LogP contribution in [0.2, 0.25) is 0 Å². The SMILES string of the molecule is Cc1nc([C@H]2CCCN2S(=O)(=O)CC2CCCC2(F)F)cs1. The molecule has 1 aliphatic heterocycles. The summed E-state index contributed by atoms with van der Waals surface area (Å²) in [6.45, 7) is 2.28. The molecular formula is C14H20F2N2O2S2. The van der Waals surface area contributed by atoms with Crippen LogP contribution in [0.3, 0.4) is 0 Å². The first-order chi connectivity index (χ1) is 10.3. The second-order valence-corrected chi connectivity index (χ2v) is 9.22. The van der Waals surface area contributed by atoms with Crippen molar-refractivity contribution in [1.82, 2.24) is 9.29 Å². The highest BCUT2D eigenvalue weighted by Gasteiger charge is 2.48. The number of hydrogen-bond acceptors (Lipinski definition) is 4. The molecule has 124 valence electrons. The Balaban J connectivity index is 1.79. The standard InChI is InChI=1S/C14H20F2N2O2S2/c1-10-17-12(8-21-10)13-5-3-7-18(13)22(19,20)9-11-4-2-6-14(11,15)16/h8,11,13H,2-7,9H2,1H3/t11?,13-/m1/s1. The van der Waals surface area contributed by atoms with Crippen molar-refractivity contribution in [2.75, 3.05) is 12.3 Å². The van der Waals surface area contributed by atoms with Gasteiger partial charge in [0, 0.05) is 24.3 Å². The summed E-state index contributed by atoms with van der Waals surface area (Å²) in [5, 5.41) is 2.76. The fourth-order valence-electron chi connectivity index (χ4n) is 3.46. The van der Waals surface area contributed by atoms with Crippen molar-refractivity contribution in [1.29, 1.82) is 0 Å². The van der Waals surface area contributed by atoms with Crippen LogP contribution < -0.4 is 0 Å². The second kappa shape index (κ2) is 5.79. The van der Waals surface area contributed by atoms with E-state index in [0.717, 1.165) is 17.1 Å². The molecule has 2 aliphatic rings. The van der Waals surface area contributed by atoms with Gasteiger partial charge in [-0.15, -0.1) is 11.3 Å². The Labute approximate surface area is 133 Å². The molecule has 1 aliphatic carbocycles. The minimum absolute atomic E-state index is 0.193. The van der Waals surface area contributed by atoms with Gasteiger partial charge in [-0.1, -0.05) is 0 Å². The van der Waals surface area contributed by atoms with Crippen LogP contribution >= 0.6 is 11.3 Å². The maximum Gasteiger partial charge on any atom is 0.251 e. The Morgan fingerprint density at radius 3 is 2.77 bits per heavy atom. The third-order valence-corrected chi connectivity index (χ3v) is 7.38. The molecule has 1 saturated heterocycles. The van der Waals surface area contributed by atoms with Crippen LogP contribution in [0.5, 0.6) is 0 Å². The Kier molecular flexibility index (Phi) is 4.28. The first-order valence-corrected chi connectivity index (χ1v) is 10.1. The van der Waals surface area contributed by atoms with Gasteiger partial charge in [-0.25, -0.2) is 22.2 Å². The maximum atomic E-state index is 13.8. The predicted molar refractivity (Wildman–Crippen MR) is 81.6 cm³/mol. The van der Waals surface area contributed by atoms with Gasteiger partial charge >= 0.3 is 0 Å². The zero-order chi connectivity index (χ0) is 16.0. The zero-order valence-electron chi connectivity index (χ0n) is 12.5. The second-order valence-electron chi connectivity index (χ2n) is 6.19. The van der Waals surface area contributed by atoms with Crippen molar-refractivity contribution < 1.29 is 17.2 Å². The molecule has 2 fully saturated rings. The van der Waals surface area contributed by atoms with Gasteiger partial charge in [-0.2, -0.15) is 4.31 Å². The number of aromatic nitrogens is 1. The molecule has 0 radical (unpaired) electrons. The Bertz CT molecular complexity index is 645. The van der Waals surface area contributed by atoms with E-state index in [9.17, 15) is 17.2 Å². The van der Waals surface area contributed by atoms with Crippen LogP contribution in [0.25, 0.3) is 0 Å². The number of alkyl halides is 2. The Morgan fingerprint density at radius 1 is 1.41 bits per heavy atom. The summed E-state index contributed by atoms with van der Waals surface area (Å²) in [6, 6.07) is -0.287. The highest BCUT2D eigenvalue weighted by Crippen LogP contribution is 2.43. The average molecular weight is 350 g/mol. The van der Waals surface area contributed by atoms with Crippen LogP contribution in [0.15, 0.2) is 5.38 Å². The average Bonchev–Trinajstić information content (AvgIpc) is 3.10. The molecule has 3 rings (SSSR count). The van der Waals surface area contributed by atoms with Crippen molar-refractivity contribution >= 4 is 21.4 Å². The number of nitrogens with zero attached hydrogens (tertiary/aromatic N) is 2. The molecule has 1 unspecified atom stereocenters. The lowest BCUT2D eigenvalue weighted by atomic mass is 10.1. The van der Waals surface area contributed by atoms with Crippen LogP contribution in [-0.4, -0.2) is 35.9 Å². The van der Waals surface area contributed by atoms with Gasteiger partial charge in [-0.05, 0) is 32.6 Å². The first kappa shape index (κ1) is 16.3. The molecule has 8 heteroatoms. The zero-order valence-corrected chi connectivity index (χ0v) is 14.1. The van der Waals surface area contributed by atoms with E-state index in [1.54, 1.807) is 0 Å². The van der Waals surface area contributed by atoms with Gasteiger partial charge in [0.05, 0.1) is 22.5 Å². The number of halogens is 2. The van der Waals surface area contributed by atoms with Crippen LogP contribution in [-0.2, 0) is 10.0 Å². The van der Waals surface area contributed by atoms with Gasteiger partial charge in [0.2, 0.25) is 10.0 Å². The minimum atomic E-state index is -3.68. The molecule has 0 aromatic carbocycles. The van der Waals surface area contributed by atoms with Gasteiger partial charge in [-0.3, -0.25) is 0 Å². The lowest BCUT2D eigenvalue weighted by molar-refractivity contribution is -0.0291. The number of rotatable bonds is 4. The number of sulfonamides is 1. The van der Waals surface area contributed by atoms with E-state index < -0.39 is 27.6 Å². The number of hydrogen-bond donors (Lipinski definition) is 0. The van der Waals surface area contributed by atoms with E-state index in [4.69, 9.17) is 0 Å². The lowest BCUT2D eigenvalue weighted by Crippen LogP contribution is -2.38. The highest BCUT2D eigenvalue weighted by molar-refractivity contribution is 7.89. The normalized spacial score (nSPS) is 29.2. The van der Waals surface area contributed by atoms with E-state index in [1.807, 2.05) is 12.3 Å². The predicted octanol–water partition coefficient (Wildman–Crippen LogP) is 3.35. The lowest BCUT2D eigenvalue weighted by Gasteiger charge is -2.26. The van der Waals surface area contributed by atoms with Gasteiger partial charge in [0.25, 0.3) is 5.92 Å². The van der Waals surface area contributed by atoms with E-state index >= 15 is 0 Å². The summed E-state index contributed by atoms with van der Waals surface area (Å²) in [7, 11) is -3.68. The number of thiazole rings is 1. The van der Waals surface area contributed by atoms with Crippen LogP contribution in [0.4, 0.5) is 8.78 Å². The summed E-state index contributed by atoms with van der Waals surface area (Å²) in [4.78, 5) is 4.38. The molecule has 1 saturated carbocycles. The van der Waals surface area contributed by atoms with E-state index in [0.29, 0.717) is 25.8 Å². The van der Waals surface area contributed by atoms with E-state index in [2.05, 4.69) is 4.98 Å². The van der Waals surface area contributed by atoms with Gasteiger partial charge in [0.15, 0.2) is 0 Å². The van der Waals surface area contributed by atoms with Crippen LogP contribution in [0.1, 0.15) is 48.8 Å². The molecule has 1 aromatic rings. The third kappa shape index (κ3) is 3.05. The highest BCUT2D eigenvalue weighted by atomic mass is 32.2. The molecule has 0 N–H and O–H groups in total. The topological polar surface area (TPSA) is 50.3 Å². The molecule has 2 atom stereocenters. The van der Waals surface area contributed by atoms with Crippen molar-refractivity contribution in [2.45, 2.75) is 51.0 Å². The quantitative estimate of drug-likeness (QED) is 0.837. The van der Waals surface area contributed by atoms with Crippen molar-refractivity contribution in [2.24, 2.45) is 5.92 Å². The van der Waals surface area contributed by atoms with Gasteiger partial charge < -0.3 is 0 Å². The molecule has 2 heterocycles. The minimum Gasteiger partial charge on any atom is -0.245 e. The van der Waals surface area contributed by atoms with Gasteiger partial charge in [0.1, 0.15) is 0 Å². The Morgan fingerprint density at radius 2 is 2.18 bits per heavy atom. The monoisotopic (exact) mass is 350 g/mol. The molecule has 4 nitrogen and oxygen atoms in total. The smallest absolute Gasteiger partial charge is 0.245 e. The molecule has 0 bridgehead atoms. The fraction of sp³-hybridized carbons (Fsp3) is 0.786. The number of aryl methyl sites for hydroxylation is 1. The summed E-state index contributed by atoms with van der Waals surface area (Å²) in [5.41, 5.74) is 0.752. The molecular weight excluding hydrogens is 330 g/mol. The summed E-state index contributed by atoms with van der Waals surface area (Å²) >= 11 is 1.48.